The van der Waals surface area contributed by atoms with Crippen molar-refractivity contribution in [1.29, 1.82) is 0 Å². The van der Waals surface area contributed by atoms with Crippen LogP contribution in [0.25, 0.3) is 0 Å². The minimum absolute atomic E-state index is 0.0289. The van der Waals surface area contributed by atoms with Crippen LogP contribution in [-0.4, -0.2) is 55.5 Å². The zero-order valence-corrected chi connectivity index (χ0v) is 16.4. The molecule has 0 radical (unpaired) electrons. The Kier molecular flexibility index (Phi) is 6.51. The predicted molar refractivity (Wildman–Crippen MR) is 104 cm³/mol. The summed E-state index contributed by atoms with van der Waals surface area (Å²) in [5, 5.41) is 0. The van der Waals surface area contributed by atoms with Crippen molar-refractivity contribution < 1.29 is 17.6 Å². The van der Waals surface area contributed by atoms with Crippen LogP contribution in [-0.2, 0) is 14.8 Å². The van der Waals surface area contributed by atoms with Crippen molar-refractivity contribution in [3.8, 4) is 0 Å². The molecule has 1 amide bonds. The van der Waals surface area contributed by atoms with Gasteiger partial charge in [0.15, 0.2) is 0 Å². The maximum Gasteiger partial charge on any atom is 0.243 e. The number of carbonyl (C=O) groups is 1. The maximum absolute atomic E-state index is 13.3. The second-order valence-corrected chi connectivity index (χ2v) is 9.26. The van der Waals surface area contributed by atoms with Gasteiger partial charge in [0.1, 0.15) is 5.82 Å². The maximum atomic E-state index is 13.3. The van der Waals surface area contributed by atoms with Gasteiger partial charge in [-0.25, -0.2) is 12.8 Å². The molecular formula is C19H21FN2O3S2. The molecule has 1 fully saturated rings. The van der Waals surface area contributed by atoms with E-state index in [-0.39, 0.29) is 23.9 Å². The first-order chi connectivity index (χ1) is 13.0. The Morgan fingerprint density at radius 1 is 1.00 bits per heavy atom. The first kappa shape index (κ1) is 19.9. The largest absolute Gasteiger partial charge is 0.340 e. The Balaban J connectivity index is 1.50. The van der Waals surface area contributed by atoms with Gasteiger partial charge in [0.25, 0.3) is 0 Å². The number of benzene rings is 2. The molecule has 0 atom stereocenters. The van der Waals surface area contributed by atoms with Crippen LogP contribution < -0.4 is 0 Å². The van der Waals surface area contributed by atoms with Crippen molar-refractivity contribution in [3.05, 3.63) is 60.4 Å². The Morgan fingerprint density at radius 3 is 2.37 bits per heavy atom. The molecule has 1 saturated heterocycles. The van der Waals surface area contributed by atoms with Gasteiger partial charge in [0, 0.05) is 43.2 Å². The van der Waals surface area contributed by atoms with Gasteiger partial charge < -0.3 is 4.90 Å². The molecule has 1 aliphatic rings. The fourth-order valence-corrected chi connectivity index (χ4v) is 5.20. The number of hydrogen-bond donors (Lipinski definition) is 0. The summed E-state index contributed by atoms with van der Waals surface area (Å²) in [6.45, 7) is 1.14. The molecule has 144 valence electrons. The third-order valence-corrected chi connectivity index (χ3v) is 7.26. The summed E-state index contributed by atoms with van der Waals surface area (Å²) in [7, 11) is -3.74. The molecule has 2 aromatic rings. The normalized spacial score (nSPS) is 15.7. The third-order valence-electron chi connectivity index (χ3n) is 4.35. The highest BCUT2D eigenvalue weighted by Crippen LogP contribution is 2.20. The third kappa shape index (κ3) is 5.09. The second kappa shape index (κ2) is 8.86. The Bertz CT molecular complexity index is 883. The number of sulfonamides is 1. The van der Waals surface area contributed by atoms with E-state index in [1.54, 1.807) is 16.7 Å². The Hall–Kier alpha value is -1.90. The number of hydrogen-bond acceptors (Lipinski definition) is 4. The SMILES string of the molecule is O=C(CCSc1ccccc1)N1CCN(S(=O)(=O)c2cccc(F)c2)CC1. The summed E-state index contributed by atoms with van der Waals surface area (Å²) < 4.78 is 39.8. The van der Waals surface area contributed by atoms with Gasteiger partial charge in [-0.1, -0.05) is 24.3 Å². The van der Waals surface area contributed by atoms with Crippen molar-refractivity contribution >= 4 is 27.7 Å². The first-order valence-electron chi connectivity index (χ1n) is 8.68. The summed E-state index contributed by atoms with van der Waals surface area (Å²) in [6, 6.07) is 14.9. The summed E-state index contributed by atoms with van der Waals surface area (Å²) in [5.74, 6) is 0.132. The highest BCUT2D eigenvalue weighted by molar-refractivity contribution is 7.99. The summed E-state index contributed by atoms with van der Waals surface area (Å²) >= 11 is 1.63. The van der Waals surface area contributed by atoms with Gasteiger partial charge in [-0.3, -0.25) is 4.79 Å². The summed E-state index contributed by atoms with van der Waals surface area (Å²) in [6.07, 6.45) is 0.413. The topological polar surface area (TPSA) is 57.7 Å². The van der Waals surface area contributed by atoms with E-state index in [2.05, 4.69) is 0 Å². The lowest BCUT2D eigenvalue weighted by Gasteiger charge is -2.34. The lowest BCUT2D eigenvalue weighted by Crippen LogP contribution is -2.50. The summed E-state index contributed by atoms with van der Waals surface area (Å²) in [5.41, 5.74) is 0. The first-order valence-corrected chi connectivity index (χ1v) is 11.1. The molecule has 5 nitrogen and oxygen atoms in total. The molecule has 0 saturated carbocycles. The molecule has 0 spiro atoms. The van der Waals surface area contributed by atoms with E-state index < -0.39 is 15.8 Å². The minimum Gasteiger partial charge on any atom is -0.340 e. The molecule has 2 aromatic carbocycles. The molecule has 8 heteroatoms. The molecular weight excluding hydrogens is 387 g/mol. The highest BCUT2D eigenvalue weighted by Gasteiger charge is 2.30. The fourth-order valence-electron chi connectivity index (χ4n) is 2.89. The monoisotopic (exact) mass is 408 g/mol. The molecule has 0 aromatic heterocycles. The van der Waals surface area contributed by atoms with E-state index in [0.717, 1.165) is 11.0 Å². The van der Waals surface area contributed by atoms with Gasteiger partial charge >= 0.3 is 0 Å². The zero-order valence-electron chi connectivity index (χ0n) is 14.8. The average molecular weight is 409 g/mol. The summed E-state index contributed by atoms with van der Waals surface area (Å²) in [4.78, 5) is 15.1. The standard InChI is InChI=1S/C19H21FN2O3S2/c20-16-5-4-8-18(15-16)27(24,25)22-12-10-21(11-13-22)19(23)9-14-26-17-6-2-1-3-7-17/h1-8,15H,9-14H2. The Morgan fingerprint density at radius 2 is 1.70 bits per heavy atom. The number of carbonyl (C=O) groups excluding carboxylic acids is 1. The lowest BCUT2D eigenvalue weighted by atomic mass is 10.3. The number of piperazine rings is 1. The number of thioether (sulfide) groups is 1. The quantitative estimate of drug-likeness (QED) is 0.690. The van der Waals surface area contributed by atoms with E-state index in [4.69, 9.17) is 0 Å². The van der Waals surface area contributed by atoms with Gasteiger partial charge in [-0.05, 0) is 30.3 Å². The number of amides is 1. The minimum atomic E-state index is -3.74. The van der Waals surface area contributed by atoms with Crippen molar-refractivity contribution in [2.45, 2.75) is 16.2 Å². The van der Waals surface area contributed by atoms with Crippen molar-refractivity contribution in [2.75, 3.05) is 31.9 Å². The van der Waals surface area contributed by atoms with E-state index in [1.807, 2.05) is 30.3 Å². The van der Waals surface area contributed by atoms with E-state index >= 15 is 0 Å². The van der Waals surface area contributed by atoms with Crippen LogP contribution in [0, 0.1) is 5.82 Å². The molecule has 0 aliphatic carbocycles. The van der Waals surface area contributed by atoms with E-state index in [1.165, 1.54) is 22.5 Å². The predicted octanol–water partition coefficient (Wildman–Crippen LogP) is 2.84. The van der Waals surface area contributed by atoms with Gasteiger partial charge in [-0.15, -0.1) is 11.8 Å². The average Bonchev–Trinajstić information content (AvgIpc) is 2.69. The fraction of sp³-hybridized carbons (Fsp3) is 0.316. The van der Waals surface area contributed by atoms with Crippen LogP contribution in [0.4, 0.5) is 4.39 Å². The second-order valence-electron chi connectivity index (χ2n) is 6.15. The molecule has 0 N–H and O–H groups in total. The van der Waals surface area contributed by atoms with Crippen molar-refractivity contribution in [1.82, 2.24) is 9.21 Å². The van der Waals surface area contributed by atoms with Crippen LogP contribution >= 0.6 is 11.8 Å². The number of rotatable bonds is 6. The van der Waals surface area contributed by atoms with Crippen molar-refractivity contribution in [3.63, 3.8) is 0 Å². The van der Waals surface area contributed by atoms with Crippen LogP contribution in [0.15, 0.2) is 64.4 Å². The van der Waals surface area contributed by atoms with E-state index in [0.29, 0.717) is 25.3 Å². The number of nitrogens with zero attached hydrogens (tertiary/aromatic N) is 2. The molecule has 0 bridgehead atoms. The zero-order chi connectivity index (χ0) is 19.3. The molecule has 27 heavy (non-hydrogen) atoms. The Labute approximate surface area is 163 Å². The molecule has 3 rings (SSSR count). The number of halogens is 1. The van der Waals surface area contributed by atoms with Crippen LogP contribution in [0.5, 0.6) is 0 Å². The van der Waals surface area contributed by atoms with Crippen LogP contribution in [0.3, 0.4) is 0 Å². The van der Waals surface area contributed by atoms with Crippen LogP contribution in [0.2, 0.25) is 0 Å². The smallest absolute Gasteiger partial charge is 0.243 e. The lowest BCUT2D eigenvalue weighted by molar-refractivity contribution is -0.131. The van der Waals surface area contributed by atoms with Crippen LogP contribution in [0.1, 0.15) is 6.42 Å². The van der Waals surface area contributed by atoms with Crippen molar-refractivity contribution in [2.24, 2.45) is 0 Å². The molecule has 0 unspecified atom stereocenters. The van der Waals surface area contributed by atoms with Gasteiger partial charge in [0.05, 0.1) is 4.90 Å². The van der Waals surface area contributed by atoms with Gasteiger partial charge in [0.2, 0.25) is 15.9 Å². The molecule has 1 heterocycles. The van der Waals surface area contributed by atoms with Gasteiger partial charge in [-0.2, -0.15) is 4.31 Å². The molecule has 1 aliphatic heterocycles. The highest BCUT2D eigenvalue weighted by atomic mass is 32.2. The van der Waals surface area contributed by atoms with E-state index in [9.17, 15) is 17.6 Å².